The molecule has 1 heterocycles. The summed E-state index contributed by atoms with van der Waals surface area (Å²) in [4.78, 5) is 14.0. The van der Waals surface area contributed by atoms with E-state index in [1.54, 1.807) is 13.0 Å². The van der Waals surface area contributed by atoms with E-state index in [1.165, 1.54) is 0 Å². The molecule has 0 aliphatic carbocycles. The predicted molar refractivity (Wildman–Crippen MR) is 87.9 cm³/mol. The molecule has 0 spiro atoms. The summed E-state index contributed by atoms with van der Waals surface area (Å²) in [7, 11) is 0. The molecule has 2 rings (SSSR count). The topological polar surface area (TPSA) is 84.4 Å². The first-order chi connectivity index (χ1) is 10.2. The number of aromatic nitrogens is 1. The van der Waals surface area contributed by atoms with Crippen molar-refractivity contribution in [2.75, 3.05) is 25.0 Å². The van der Waals surface area contributed by atoms with Crippen LogP contribution in [-0.2, 0) is 11.3 Å². The standard InChI is InChI=1S/C15H20N4O2.ClH/c1-12-9-14(18-21-12)17-15(20)11-19(8-7-16)10-13-5-3-2-4-6-13;/h2-6,9H,7-8,10-11,16H2,1H3,(H,17,18,20);1H. The van der Waals surface area contributed by atoms with Crippen LogP contribution in [-0.4, -0.2) is 35.6 Å². The Morgan fingerprint density at radius 1 is 1.36 bits per heavy atom. The van der Waals surface area contributed by atoms with E-state index >= 15 is 0 Å². The van der Waals surface area contributed by atoms with Crippen LogP contribution in [0.2, 0.25) is 0 Å². The van der Waals surface area contributed by atoms with E-state index < -0.39 is 0 Å². The minimum absolute atomic E-state index is 0. The quantitative estimate of drug-likeness (QED) is 0.811. The maximum Gasteiger partial charge on any atom is 0.239 e. The lowest BCUT2D eigenvalue weighted by molar-refractivity contribution is -0.117. The van der Waals surface area contributed by atoms with Crippen molar-refractivity contribution in [3.63, 3.8) is 0 Å². The summed E-state index contributed by atoms with van der Waals surface area (Å²) in [6.45, 7) is 3.88. The number of rotatable bonds is 7. The van der Waals surface area contributed by atoms with Crippen LogP contribution < -0.4 is 11.1 Å². The summed E-state index contributed by atoms with van der Waals surface area (Å²) in [5.41, 5.74) is 6.76. The van der Waals surface area contributed by atoms with Gasteiger partial charge in [0.15, 0.2) is 5.82 Å². The fraction of sp³-hybridized carbons (Fsp3) is 0.333. The number of aryl methyl sites for hydroxylation is 1. The Kier molecular flexibility index (Phi) is 7.59. The van der Waals surface area contributed by atoms with Crippen LogP contribution in [0.4, 0.5) is 5.82 Å². The molecule has 2 aromatic rings. The molecule has 0 aliphatic heterocycles. The zero-order chi connectivity index (χ0) is 15.1. The summed E-state index contributed by atoms with van der Waals surface area (Å²) in [5, 5.41) is 6.45. The third kappa shape index (κ3) is 5.85. The summed E-state index contributed by atoms with van der Waals surface area (Å²) >= 11 is 0. The van der Waals surface area contributed by atoms with Crippen LogP contribution in [0.25, 0.3) is 0 Å². The molecule has 0 aliphatic rings. The van der Waals surface area contributed by atoms with Crippen molar-refractivity contribution in [1.82, 2.24) is 10.1 Å². The number of benzene rings is 1. The van der Waals surface area contributed by atoms with Gasteiger partial charge >= 0.3 is 0 Å². The summed E-state index contributed by atoms with van der Waals surface area (Å²) < 4.78 is 4.92. The maximum atomic E-state index is 12.0. The van der Waals surface area contributed by atoms with Crippen molar-refractivity contribution < 1.29 is 9.32 Å². The molecule has 0 bridgehead atoms. The molecule has 0 fully saturated rings. The number of hydrogen-bond acceptors (Lipinski definition) is 5. The first kappa shape index (κ1) is 18.2. The second-order valence-corrected chi connectivity index (χ2v) is 4.86. The molecule has 7 heteroatoms. The largest absolute Gasteiger partial charge is 0.360 e. The molecule has 0 saturated carbocycles. The van der Waals surface area contributed by atoms with Gasteiger partial charge in [0.2, 0.25) is 5.91 Å². The summed E-state index contributed by atoms with van der Waals surface area (Å²) in [6.07, 6.45) is 0. The van der Waals surface area contributed by atoms with E-state index in [2.05, 4.69) is 10.5 Å². The van der Waals surface area contributed by atoms with E-state index in [-0.39, 0.29) is 24.9 Å². The molecule has 0 atom stereocenters. The Morgan fingerprint density at radius 2 is 2.09 bits per heavy atom. The van der Waals surface area contributed by atoms with E-state index in [0.717, 1.165) is 5.56 Å². The van der Waals surface area contributed by atoms with Crippen LogP contribution in [0.5, 0.6) is 0 Å². The second kappa shape index (κ2) is 9.19. The molecule has 1 aromatic carbocycles. The van der Waals surface area contributed by atoms with E-state index in [9.17, 15) is 4.79 Å². The molecule has 1 amide bonds. The lowest BCUT2D eigenvalue weighted by Gasteiger charge is -2.20. The second-order valence-electron chi connectivity index (χ2n) is 4.86. The fourth-order valence-electron chi connectivity index (χ4n) is 2.05. The SMILES string of the molecule is Cc1cc(NC(=O)CN(CCN)Cc2ccccc2)no1.Cl. The normalized spacial score (nSPS) is 10.3. The number of halogens is 1. The van der Waals surface area contributed by atoms with Gasteiger partial charge in [0, 0.05) is 25.7 Å². The summed E-state index contributed by atoms with van der Waals surface area (Å²) in [6, 6.07) is 11.7. The number of anilines is 1. The van der Waals surface area contributed by atoms with Crippen molar-refractivity contribution in [2.24, 2.45) is 5.73 Å². The fourth-order valence-corrected chi connectivity index (χ4v) is 2.05. The zero-order valence-electron chi connectivity index (χ0n) is 12.5. The molecule has 0 unspecified atom stereocenters. The van der Waals surface area contributed by atoms with Crippen LogP contribution in [0.1, 0.15) is 11.3 Å². The number of nitrogens with two attached hydrogens (primary N) is 1. The number of nitrogens with zero attached hydrogens (tertiary/aromatic N) is 2. The smallest absolute Gasteiger partial charge is 0.239 e. The van der Waals surface area contributed by atoms with Crippen molar-refractivity contribution in [3.05, 3.63) is 47.7 Å². The van der Waals surface area contributed by atoms with Crippen LogP contribution in [0.15, 0.2) is 40.9 Å². The van der Waals surface area contributed by atoms with Gasteiger partial charge in [-0.2, -0.15) is 0 Å². The number of carbonyl (C=O) groups excluding carboxylic acids is 1. The van der Waals surface area contributed by atoms with Crippen molar-refractivity contribution in [2.45, 2.75) is 13.5 Å². The van der Waals surface area contributed by atoms with Gasteiger partial charge in [-0.25, -0.2) is 0 Å². The van der Waals surface area contributed by atoms with Gasteiger partial charge < -0.3 is 15.6 Å². The van der Waals surface area contributed by atoms with Crippen LogP contribution in [0, 0.1) is 6.92 Å². The van der Waals surface area contributed by atoms with Gasteiger partial charge in [-0.3, -0.25) is 9.69 Å². The third-order valence-electron chi connectivity index (χ3n) is 2.96. The van der Waals surface area contributed by atoms with Crippen LogP contribution in [0.3, 0.4) is 0 Å². The highest BCUT2D eigenvalue weighted by molar-refractivity contribution is 5.91. The minimum atomic E-state index is -0.132. The van der Waals surface area contributed by atoms with Crippen LogP contribution >= 0.6 is 12.4 Å². The monoisotopic (exact) mass is 324 g/mol. The van der Waals surface area contributed by atoms with Crippen molar-refractivity contribution in [1.29, 1.82) is 0 Å². The molecule has 6 nitrogen and oxygen atoms in total. The Balaban J connectivity index is 0.00000242. The van der Waals surface area contributed by atoms with Gasteiger partial charge in [0.05, 0.1) is 6.54 Å². The number of amides is 1. The molecule has 1 aromatic heterocycles. The van der Waals surface area contributed by atoms with Crippen molar-refractivity contribution >= 4 is 24.1 Å². The highest BCUT2D eigenvalue weighted by Gasteiger charge is 2.12. The molecular formula is C15H21ClN4O2. The first-order valence-corrected chi connectivity index (χ1v) is 6.87. The van der Waals surface area contributed by atoms with Gasteiger partial charge in [-0.15, -0.1) is 12.4 Å². The molecule has 120 valence electrons. The Labute approximate surface area is 136 Å². The first-order valence-electron chi connectivity index (χ1n) is 6.87. The molecule has 0 radical (unpaired) electrons. The Hall–Kier alpha value is -1.89. The molecular weight excluding hydrogens is 304 g/mol. The third-order valence-corrected chi connectivity index (χ3v) is 2.96. The molecule has 22 heavy (non-hydrogen) atoms. The van der Waals surface area contributed by atoms with Gasteiger partial charge in [0.25, 0.3) is 0 Å². The minimum Gasteiger partial charge on any atom is -0.360 e. The molecule has 3 N–H and O–H groups in total. The van der Waals surface area contributed by atoms with Gasteiger partial charge in [0.1, 0.15) is 5.76 Å². The average Bonchev–Trinajstić information content (AvgIpc) is 2.85. The molecule has 0 saturated heterocycles. The van der Waals surface area contributed by atoms with E-state index in [4.69, 9.17) is 10.3 Å². The maximum absolute atomic E-state index is 12.0. The zero-order valence-corrected chi connectivity index (χ0v) is 13.3. The lowest BCUT2D eigenvalue weighted by Crippen LogP contribution is -2.36. The van der Waals surface area contributed by atoms with Crippen molar-refractivity contribution in [3.8, 4) is 0 Å². The lowest BCUT2D eigenvalue weighted by atomic mass is 10.2. The summed E-state index contributed by atoms with van der Waals surface area (Å²) in [5.74, 6) is 0.964. The number of carbonyl (C=O) groups is 1. The average molecular weight is 325 g/mol. The van der Waals surface area contributed by atoms with Gasteiger partial charge in [-0.05, 0) is 12.5 Å². The van der Waals surface area contributed by atoms with Gasteiger partial charge in [-0.1, -0.05) is 35.5 Å². The predicted octanol–water partition coefficient (Wildman–Crippen LogP) is 1.80. The highest BCUT2D eigenvalue weighted by Crippen LogP contribution is 2.08. The number of nitrogens with one attached hydrogen (secondary N) is 1. The van der Waals surface area contributed by atoms with E-state index in [1.807, 2.05) is 35.2 Å². The Bertz CT molecular complexity index is 574. The Morgan fingerprint density at radius 3 is 2.68 bits per heavy atom. The van der Waals surface area contributed by atoms with E-state index in [0.29, 0.717) is 31.2 Å². The number of hydrogen-bond donors (Lipinski definition) is 2. The highest BCUT2D eigenvalue weighted by atomic mass is 35.5.